The molecule has 1 aliphatic heterocycles. The minimum absolute atomic E-state index is 0.0522. The van der Waals surface area contributed by atoms with Crippen LogP contribution in [-0.4, -0.2) is 34.5 Å². The molecule has 1 aromatic carbocycles. The molecule has 0 aliphatic carbocycles. The first kappa shape index (κ1) is 13.0. The second-order valence-electron chi connectivity index (χ2n) is 3.93. The fraction of sp³-hybridized carbons (Fsp3) is 0.385. The van der Waals surface area contributed by atoms with Crippen LogP contribution in [0.3, 0.4) is 0 Å². The average molecular weight is 265 g/mol. The molecule has 1 aliphatic rings. The van der Waals surface area contributed by atoms with Crippen LogP contribution in [0.2, 0.25) is 0 Å². The summed E-state index contributed by atoms with van der Waals surface area (Å²) >= 11 is 1.56. The van der Waals surface area contributed by atoms with Crippen molar-refractivity contribution in [3.63, 3.8) is 0 Å². The number of rotatable bonds is 4. The van der Waals surface area contributed by atoms with Gasteiger partial charge in [-0.3, -0.25) is 9.79 Å². The summed E-state index contributed by atoms with van der Waals surface area (Å²) in [4.78, 5) is 15.8. The number of carbonyl (C=O) groups excluding carboxylic acids is 1. The number of phenols is 1. The lowest BCUT2D eigenvalue weighted by atomic mass is 10.2. The van der Waals surface area contributed by atoms with Crippen molar-refractivity contribution in [2.75, 3.05) is 12.4 Å². The van der Waals surface area contributed by atoms with Crippen molar-refractivity contribution >= 4 is 22.8 Å². The minimum Gasteiger partial charge on any atom is -0.507 e. The van der Waals surface area contributed by atoms with E-state index in [2.05, 4.69) is 4.99 Å². The number of hydrogen-bond acceptors (Lipinski definition) is 5. The fourth-order valence-electron chi connectivity index (χ4n) is 1.73. The quantitative estimate of drug-likeness (QED) is 0.848. The first-order valence-corrected chi connectivity index (χ1v) is 6.84. The van der Waals surface area contributed by atoms with E-state index >= 15 is 0 Å². The van der Waals surface area contributed by atoms with Gasteiger partial charge in [-0.2, -0.15) is 0 Å². The Morgan fingerprint density at radius 2 is 2.33 bits per heavy atom. The van der Waals surface area contributed by atoms with Gasteiger partial charge in [0.2, 0.25) is 0 Å². The number of thioether (sulfide) groups is 1. The number of aliphatic imine (C=N–C) groups is 1. The van der Waals surface area contributed by atoms with E-state index in [0.29, 0.717) is 13.0 Å². The van der Waals surface area contributed by atoms with Crippen molar-refractivity contribution < 1.29 is 14.6 Å². The summed E-state index contributed by atoms with van der Waals surface area (Å²) in [5.41, 5.74) is 0.730. The molecule has 1 aromatic rings. The van der Waals surface area contributed by atoms with Crippen molar-refractivity contribution in [1.29, 1.82) is 0 Å². The largest absolute Gasteiger partial charge is 0.507 e. The summed E-state index contributed by atoms with van der Waals surface area (Å²) < 4.78 is 4.90. The number of carbonyl (C=O) groups is 1. The number of phenolic OH excluding ortho intramolecular Hbond substituents is 1. The third-order valence-corrected chi connectivity index (χ3v) is 3.70. The molecular weight excluding hydrogens is 250 g/mol. The van der Waals surface area contributed by atoms with E-state index in [9.17, 15) is 9.90 Å². The number of nitrogens with zero attached hydrogens (tertiary/aromatic N) is 1. The Morgan fingerprint density at radius 3 is 3.06 bits per heavy atom. The second kappa shape index (κ2) is 5.91. The van der Waals surface area contributed by atoms with Gasteiger partial charge in [0, 0.05) is 11.3 Å². The predicted molar refractivity (Wildman–Crippen MR) is 72.1 cm³/mol. The zero-order chi connectivity index (χ0) is 13.0. The Morgan fingerprint density at radius 1 is 1.56 bits per heavy atom. The molecule has 2 rings (SSSR count). The number of esters is 1. The van der Waals surface area contributed by atoms with Crippen LogP contribution in [0.4, 0.5) is 0 Å². The van der Waals surface area contributed by atoms with Crippen LogP contribution < -0.4 is 0 Å². The normalized spacial score (nSPS) is 18.5. The van der Waals surface area contributed by atoms with Crippen molar-refractivity contribution in [1.82, 2.24) is 0 Å². The monoisotopic (exact) mass is 265 g/mol. The van der Waals surface area contributed by atoms with E-state index < -0.39 is 0 Å². The van der Waals surface area contributed by atoms with Gasteiger partial charge in [0.1, 0.15) is 10.8 Å². The van der Waals surface area contributed by atoms with Crippen molar-refractivity contribution in [3.8, 4) is 5.75 Å². The third kappa shape index (κ3) is 3.04. The SMILES string of the molecule is CCOC(=O)CC1CSC(c2ccccc2O)=N1. The van der Waals surface area contributed by atoms with Gasteiger partial charge in [0.15, 0.2) is 0 Å². The molecule has 0 saturated heterocycles. The summed E-state index contributed by atoms with van der Waals surface area (Å²) in [6.45, 7) is 2.19. The molecule has 1 heterocycles. The van der Waals surface area contributed by atoms with E-state index in [-0.39, 0.29) is 17.8 Å². The van der Waals surface area contributed by atoms with Crippen LogP contribution in [0, 0.1) is 0 Å². The van der Waals surface area contributed by atoms with E-state index in [1.807, 2.05) is 12.1 Å². The lowest BCUT2D eigenvalue weighted by molar-refractivity contribution is -0.143. The highest BCUT2D eigenvalue weighted by molar-refractivity contribution is 8.14. The minimum atomic E-state index is -0.217. The predicted octanol–water partition coefficient (Wildman–Crippen LogP) is 2.21. The molecule has 0 amide bonds. The molecule has 0 spiro atoms. The number of para-hydroxylation sites is 1. The Kier molecular flexibility index (Phi) is 4.25. The maximum absolute atomic E-state index is 11.4. The lowest BCUT2D eigenvalue weighted by Crippen LogP contribution is -2.14. The topological polar surface area (TPSA) is 58.9 Å². The van der Waals surface area contributed by atoms with Gasteiger partial charge < -0.3 is 9.84 Å². The van der Waals surface area contributed by atoms with Crippen LogP contribution in [0.1, 0.15) is 18.9 Å². The van der Waals surface area contributed by atoms with Gasteiger partial charge in [0.25, 0.3) is 0 Å². The van der Waals surface area contributed by atoms with Gasteiger partial charge in [-0.15, -0.1) is 11.8 Å². The Hall–Kier alpha value is -1.49. The molecular formula is C13H15NO3S. The maximum Gasteiger partial charge on any atom is 0.307 e. The lowest BCUT2D eigenvalue weighted by Gasteiger charge is -2.04. The maximum atomic E-state index is 11.4. The van der Waals surface area contributed by atoms with Gasteiger partial charge >= 0.3 is 5.97 Å². The first-order valence-electron chi connectivity index (χ1n) is 5.85. The van der Waals surface area contributed by atoms with Crippen LogP contribution in [0.25, 0.3) is 0 Å². The number of ether oxygens (including phenoxy) is 1. The van der Waals surface area contributed by atoms with Crippen LogP contribution in [0.15, 0.2) is 29.3 Å². The summed E-state index contributed by atoms with van der Waals surface area (Å²) in [5.74, 6) is 0.758. The Labute approximate surface area is 110 Å². The van der Waals surface area contributed by atoms with Crippen LogP contribution in [-0.2, 0) is 9.53 Å². The summed E-state index contributed by atoms with van der Waals surface area (Å²) in [6, 6.07) is 7.04. The van der Waals surface area contributed by atoms with E-state index in [1.165, 1.54) is 0 Å². The first-order chi connectivity index (χ1) is 8.70. The second-order valence-corrected chi connectivity index (χ2v) is 4.93. The molecule has 96 valence electrons. The van der Waals surface area contributed by atoms with Gasteiger partial charge in [0.05, 0.1) is 19.1 Å². The third-order valence-electron chi connectivity index (χ3n) is 2.55. The molecule has 1 unspecified atom stereocenters. The van der Waals surface area contributed by atoms with Crippen molar-refractivity contribution in [2.45, 2.75) is 19.4 Å². The zero-order valence-corrected chi connectivity index (χ0v) is 10.9. The smallest absolute Gasteiger partial charge is 0.307 e. The molecule has 0 radical (unpaired) electrons. The highest BCUT2D eigenvalue weighted by atomic mass is 32.2. The number of benzene rings is 1. The van der Waals surface area contributed by atoms with Crippen molar-refractivity contribution in [2.24, 2.45) is 4.99 Å². The number of aromatic hydroxyl groups is 1. The molecule has 0 bridgehead atoms. The zero-order valence-electron chi connectivity index (χ0n) is 10.1. The molecule has 1 atom stereocenters. The van der Waals surface area contributed by atoms with Crippen LogP contribution >= 0.6 is 11.8 Å². The molecule has 0 saturated carbocycles. The summed E-state index contributed by atoms with van der Waals surface area (Å²) in [7, 11) is 0. The summed E-state index contributed by atoms with van der Waals surface area (Å²) in [5, 5.41) is 10.5. The van der Waals surface area contributed by atoms with Gasteiger partial charge in [-0.1, -0.05) is 12.1 Å². The average Bonchev–Trinajstić information content (AvgIpc) is 2.78. The van der Waals surface area contributed by atoms with Gasteiger partial charge in [-0.05, 0) is 19.1 Å². The molecule has 0 aromatic heterocycles. The Balaban J connectivity index is 2.05. The van der Waals surface area contributed by atoms with E-state index in [0.717, 1.165) is 16.4 Å². The fourth-order valence-corrected chi connectivity index (χ4v) is 2.83. The van der Waals surface area contributed by atoms with E-state index in [1.54, 1.807) is 30.8 Å². The molecule has 18 heavy (non-hydrogen) atoms. The Bertz CT molecular complexity index is 473. The summed E-state index contributed by atoms with van der Waals surface area (Å²) in [6.07, 6.45) is 0.304. The molecule has 5 heteroatoms. The molecule has 1 N–H and O–H groups in total. The van der Waals surface area contributed by atoms with E-state index in [4.69, 9.17) is 4.74 Å². The highest BCUT2D eigenvalue weighted by Gasteiger charge is 2.23. The highest BCUT2D eigenvalue weighted by Crippen LogP contribution is 2.29. The van der Waals surface area contributed by atoms with Gasteiger partial charge in [-0.25, -0.2) is 0 Å². The molecule has 0 fully saturated rings. The standard InChI is InChI=1S/C13H15NO3S/c1-2-17-12(16)7-9-8-18-13(14-9)10-5-3-4-6-11(10)15/h3-6,9,15H,2,7-8H2,1H3. The van der Waals surface area contributed by atoms with Crippen molar-refractivity contribution in [3.05, 3.63) is 29.8 Å². The molecule has 4 nitrogen and oxygen atoms in total. The number of hydrogen-bond donors (Lipinski definition) is 1. The van der Waals surface area contributed by atoms with Crippen LogP contribution in [0.5, 0.6) is 5.75 Å².